The first kappa shape index (κ1) is 18.4. The van der Waals surface area contributed by atoms with Gasteiger partial charge in [-0.15, -0.1) is 0 Å². The maximum Gasteiger partial charge on any atom is 0.240 e. The number of nitrogens with one attached hydrogen (secondary N) is 2. The van der Waals surface area contributed by atoms with Gasteiger partial charge < -0.3 is 11.1 Å². The molecule has 7 nitrogen and oxygen atoms in total. The lowest BCUT2D eigenvalue weighted by Gasteiger charge is -2.27. The Hall–Kier alpha value is -1.93. The highest BCUT2D eigenvalue weighted by Gasteiger charge is 2.28. The number of hydrogen-bond donors (Lipinski definition) is 3. The second-order valence-electron chi connectivity index (χ2n) is 6.23. The van der Waals surface area contributed by atoms with Gasteiger partial charge in [0.2, 0.25) is 21.8 Å². The second-order valence-corrected chi connectivity index (χ2v) is 7.94. The van der Waals surface area contributed by atoms with Crippen LogP contribution in [0.25, 0.3) is 0 Å². The van der Waals surface area contributed by atoms with Crippen LogP contribution in [0.4, 0.5) is 5.69 Å². The highest BCUT2D eigenvalue weighted by Crippen LogP contribution is 2.26. The molecule has 1 aromatic carbocycles. The molecule has 0 atom stereocenters. The molecule has 1 saturated carbocycles. The molecular weight excluding hydrogens is 330 g/mol. The molecule has 0 aromatic heterocycles. The quantitative estimate of drug-likeness (QED) is 0.738. The number of rotatable bonds is 5. The molecule has 1 aliphatic rings. The van der Waals surface area contributed by atoms with Gasteiger partial charge >= 0.3 is 0 Å². The van der Waals surface area contributed by atoms with Crippen LogP contribution in [0.5, 0.6) is 0 Å². The Kier molecular flexibility index (Phi) is 5.61. The zero-order chi connectivity index (χ0) is 17.9. The van der Waals surface area contributed by atoms with Crippen LogP contribution in [0, 0.1) is 12.8 Å². The van der Waals surface area contributed by atoms with Gasteiger partial charge in [0.1, 0.15) is 0 Å². The molecule has 0 aliphatic heterocycles. The zero-order valence-electron chi connectivity index (χ0n) is 13.8. The van der Waals surface area contributed by atoms with Gasteiger partial charge in [-0.05, 0) is 50.3 Å². The van der Waals surface area contributed by atoms with E-state index in [2.05, 4.69) is 10.0 Å². The fraction of sp³-hybridized carbons (Fsp3) is 0.500. The van der Waals surface area contributed by atoms with Crippen molar-refractivity contribution >= 4 is 27.5 Å². The van der Waals surface area contributed by atoms with E-state index in [4.69, 9.17) is 5.73 Å². The molecule has 0 heterocycles. The minimum absolute atomic E-state index is 0.105. The number of carbonyl (C=O) groups excluding carboxylic acids is 2. The molecule has 2 amide bonds. The number of benzene rings is 1. The first-order valence-electron chi connectivity index (χ1n) is 7.89. The molecule has 132 valence electrons. The Labute approximate surface area is 142 Å². The lowest BCUT2D eigenvalue weighted by atomic mass is 9.86. The lowest BCUT2D eigenvalue weighted by molar-refractivity contribution is -0.122. The summed E-state index contributed by atoms with van der Waals surface area (Å²) in [5.41, 5.74) is 6.55. The Bertz CT molecular complexity index is 738. The van der Waals surface area contributed by atoms with Gasteiger partial charge in [-0.1, -0.05) is 6.07 Å². The first-order chi connectivity index (χ1) is 11.2. The number of amides is 2. The molecule has 1 aromatic rings. The highest BCUT2D eigenvalue weighted by atomic mass is 32.2. The van der Waals surface area contributed by atoms with Gasteiger partial charge in [0.05, 0.1) is 4.90 Å². The molecule has 1 fully saturated rings. The van der Waals surface area contributed by atoms with Crippen LogP contribution >= 0.6 is 0 Å². The third-order valence-electron chi connectivity index (χ3n) is 4.28. The lowest BCUT2D eigenvalue weighted by Crippen LogP contribution is -2.39. The van der Waals surface area contributed by atoms with E-state index < -0.39 is 10.0 Å². The van der Waals surface area contributed by atoms with Crippen LogP contribution in [-0.2, 0) is 19.6 Å². The average molecular weight is 353 g/mol. The fourth-order valence-corrected chi connectivity index (χ4v) is 4.21. The Morgan fingerprint density at radius 2 is 1.79 bits per heavy atom. The number of primary amides is 1. The van der Waals surface area contributed by atoms with Crippen molar-refractivity contribution in [1.82, 2.24) is 4.72 Å². The molecule has 0 unspecified atom stereocenters. The number of nitrogens with two attached hydrogens (primary N) is 1. The van der Waals surface area contributed by atoms with Crippen LogP contribution in [0.3, 0.4) is 0 Å². The summed E-state index contributed by atoms with van der Waals surface area (Å²) in [6, 6.07) is 4.41. The number of anilines is 1. The third-order valence-corrected chi connectivity index (χ3v) is 5.80. The maximum atomic E-state index is 12.5. The van der Waals surface area contributed by atoms with E-state index in [1.807, 2.05) is 0 Å². The van der Waals surface area contributed by atoms with Crippen molar-refractivity contribution in [3.63, 3.8) is 0 Å². The van der Waals surface area contributed by atoms with E-state index in [1.165, 1.54) is 19.1 Å². The Morgan fingerprint density at radius 3 is 2.33 bits per heavy atom. The van der Waals surface area contributed by atoms with Gasteiger partial charge in [-0.2, -0.15) is 0 Å². The summed E-state index contributed by atoms with van der Waals surface area (Å²) in [7, 11) is -3.69. The average Bonchev–Trinajstić information content (AvgIpc) is 2.49. The smallest absolute Gasteiger partial charge is 0.240 e. The zero-order valence-corrected chi connectivity index (χ0v) is 14.7. The number of carbonyl (C=O) groups is 2. The molecule has 2 rings (SSSR count). The monoisotopic (exact) mass is 353 g/mol. The van der Waals surface area contributed by atoms with Crippen LogP contribution in [0.1, 0.15) is 38.2 Å². The van der Waals surface area contributed by atoms with Crippen LogP contribution in [0.15, 0.2) is 23.1 Å². The largest absolute Gasteiger partial charge is 0.369 e. The second kappa shape index (κ2) is 7.31. The Balaban J connectivity index is 2.11. The van der Waals surface area contributed by atoms with E-state index in [0.717, 1.165) is 5.56 Å². The fourth-order valence-electron chi connectivity index (χ4n) is 2.88. The van der Waals surface area contributed by atoms with Crippen molar-refractivity contribution in [2.45, 2.75) is 50.5 Å². The van der Waals surface area contributed by atoms with Crippen molar-refractivity contribution in [2.75, 3.05) is 5.32 Å². The molecular formula is C16H23N3O4S. The number of hydrogen-bond acceptors (Lipinski definition) is 4. The van der Waals surface area contributed by atoms with Gasteiger partial charge in [0.15, 0.2) is 0 Å². The first-order valence-corrected chi connectivity index (χ1v) is 9.37. The standard InChI is InChI=1S/C16H23N3O4S/c1-10-3-8-14(9-15(10)18-11(2)20)24(22,23)19-13-6-4-12(5-7-13)16(17)21/h3,8-9,12-13,19H,4-7H2,1-2H3,(H2,17,21)(H,18,20). The molecule has 0 spiro atoms. The number of aryl methyl sites for hydroxylation is 1. The Morgan fingerprint density at radius 1 is 1.17 bits per heavy atom. The van der Waals surface area contributed by atoms with Gasteiger partial charge in [-0.3, -0.25) is 9.59 Å². The summed E-state index contributed by atoms with van der Waals surface area (Å²) in [5, 5.41) is 2.62. The molecule has 24 heavy (non-hydrogen) atoms. The van der Waals surface area contributed by atoms with Crippen LogP contribution in [0.2, 0.25) is 0 Å². The summed E-state index contributed by atoms with van der Waals surface area (Å²) in [4.78, 5) is 22.5. The predicted octanol–water partition coefficient (Wildman–Crippen LogP) is 1.28. The highest BCUT2D eigenvalue weighted by molar-refractivity contribution is 7.89. The summed E-state index contributed by atoms with van der Waals surface area (Å²) in [6.07, 6.45) is 2.34. The molecule has 0 radical (unpaired) electrons. The topological polar surface area (TPSA) is 118 Å². The summed E-state index contributed by atoms with van der Waals surface area (Å²) in [5.74, 6) is -0.753. The van der Waals surface area contributed by atoms with Crippen molar-refractivity contribution in [3.05, 3.63) is 23.8 Å². The minimum atomic E-state index is -3.69. The van der Waals surface area contributed by atoms with Crippen molar-refractivity contribution in [2.24, 2.45) is 11.7 Å². The van der Waals surface area contributed by atoms with Gasteiger partial charge in [0.25, 0.3) is 0 Å². The maximum absolute atomic E-state index is 12.5. The van der Waals surface area contributed by atoms with E-state index in [0.29, 0.717) is 31.4 Å². The summed E-state index contributed by atoms with van der Waals surface area (Å²) < 4.78 is 27.8. The molecule has 8 heteroatoms. The van der Waals surface area contributed by atoms with Crippen LogP contribution in [-0.4, -0.2) is 26.3 Å². The summed E-state index contributed by atoms with van der Waals surface area (Å²) in [6.45, 7) is 3.16. The van der Waals surface area contributed by atoms with E-state index >= 15 is 0 Å². The predicted molar refractivity (Wildman–Crippen MR) is 90.7 cm³/mol. The van der Waals surface area contributed by atoms with E-state index in [-0.39, 0.29) is 28.7 Å². The minimum Gasteiger partial charge on any atom is -0.369 e. The van der Waals surface area contributed by atoms with Crippen molar-refractivity contribution in [1.29, 1.82) is 0 Å². The third kappa shape index (κ3) is 4.55. The van der Waals surface area contributed by atoms with Crippen molar-refractivity contribution < 1.29 is 18.0 Å². The normalized spacial score (nSPS) is 21.2. The van der Waals surface area contributed by atoms with Crippen molar-refractivity contribution in [3.8, 4) is 0 Å². The van der Waals surface area contributed by atoms with Crippen LogP contribution < -0.4 is 15.8 Å². The van der Waals surface area contributed by atoms with Gasteiger partial charge in [0, 0.05) is 24.6 Å². The summed E-state index contributed by atoms with van der Waals surface area (Å²) >= 11 is 0. The van der Waals surface area contributed by atoms with E-state index in [1.54, 1.807) is 13.0 Å². The SMILES string of the molecule is CC(=O)Nc1cc(S(=O)(=O)NC2CCC(C(N)=O)CC2)ccc1C. The molecule has 0 bridgehead atoms. The molecule has 4 N–H and O–H groups in total. The van der Waals surface area contributed by atoms with E-state index in [9.17, 15) is 18.0 Å². The molecule has 0 saturated heterocycles. The molecule has 1 aliphatic carbocycles. The van der Waals surface area contributed by atoms with Gasteiger partial charge in [-0.25, -0.2) is 13.1 Å². The number of sulfonamides is 1.